The summed E-state index contributed by atoms with van der Waals surface area (Å²) in [7, 11) is -5.11. The molecule has 1 aromatic carbocycles. The Morgan fingerprint density at radius 3 is 1.96 bits per heavy atom. The first-order valence-corrected chi connectivity index (χ1v) is 9.85. The van der Waals surface area contributed by atoms with Crippen molar-refractivity contribution in [3.8, 4) is 17.5 Å². The molecule has 0 aliphatic rings. The fraction of sp³-hybridized carbons (Fsp3) is 0.154. The molecule has 0 bridgehead atoms. The summed E-state index contributed by atoms with van der Waals surface area (Å²) in [6.45, 7) is 0. The quantitative estimate of drug-likeness (QED) is 0.364. The SMILES string of the molecule is N#Cc1c(S(=O)(=O)C(F)(Cl)Cl)cn(-c2c(Cl)cc(OC(F)(F)F)cc2Cl)c1Cl. The molecule has 0 aliphatic heterocycles. The second-order valence-corrected chi connectivity index (χ2v) is 9.74. The van der Waals surface area contributed by atoms with Crippen molar-refractivity contribution in [2.24, 2.45) is 0 Å². The fourth-order valence-electron chi connectivity index (χ4n) is 2.02. The summed E-state index contributed by atoms with van der Waals surface area (Å²) in [4.78, 5) is -0.991. The van der Waals surface area contributed by atoms with Gasteiger partial charge in [-0.15, -0.1) is 13.2 Å². The lowest BCUT2D eigenvalue weighted by Crippen LogP contribution is -2.21. The molecule has 28 heavy (non-hydrogen) atoms. The van der Waals surface area contributed by atoms with Crippen LogP contribution < -0.4 is 4.74 Å². The zero-order valence-electron chi connectivity index (χ0n) is 12.7. The van der Waals surface area contributed by atoms with Gasteiger partial charge in [-0.05, 0) is 23.2 Å². The minimum Gasteiger partial charge on any atom is -0.406 e. The van der Waals surface area contributed by atoms with Gasteiger partial charge in [0.2, 0.25) is 9.84 Å². The van der Waals surface area contributed by atoms with E-state index in [1.54, 1.807) is 0 Å². The van der Waals surface area contributed by atoms with Crippen molar-refractivity contribution in [1.29, 1.82) is 5.26 Å². The molecule has 1 heterocycles. The molecule has 0 saturated heterocycles. The number of nitriles is 1. The Morgan fingerprint density at radius 1 is 1.07 bits per heavy atom. The Morgan fingerprint density at radius 2 is 1.57 bits per heavy atom. The van der Waals surface area contributed by atoms with Crippen LogP contribution in [0.3, 0.4) is 0 Å². The van der Waals surface area contributed by atoms with Crippen LogP contribution in [0.1, 0.15) is 5.56 Å². The summed E-state index contributed by atoms with van der Waals surface area (Å²) >= 11 is 27.8. The lowest BCUT2D eigenvalue weighted by molar-refractivity contribution is -0.274. The second-order valence-electron chi connectivity index (χ2n) is 4.87. The first kappa shape index (κ1) is 23.2. The Kier molecular flexibility index (Phi) is 6.32. The predicted octanol–water partition coefficient (Wildman–Crippen LogP) is 6.04. The number of sulfone groups is 1. The highest BCUT2D eigenvalue weighted by Crippen LogP contribution is 2.42. The van der Waals surface area contributed by atoms with Gasteiger partial charge in [0.15, 0.2) is 0 Å². The smallest absolute Gasteiger partial charge is 0.406 e. The van der Waals surface area contributed by atoms with E-state index in [0.717, 1.165) is 16.7 Å². The molecule has 5 nitrogen and oxygen atoms in total. The molecule has 0 spiro atoms. The molecule has 0 saturated carbocycles. The van der Waals surface area contributed by atoms with E-state index < -0.39 is 51.5 Å². The van der Waals surface area contributed by atoms with Gasteiger partial charge >= 0.3 is 10.3 Å². The van der Waals surface area contributed by atoms with E-state index in [1.807, 2.05) is 0 Å². The molecule has 0 atom stereocenters. The first-order valence-electron chi connectivity index (χ1n) is 6.47. The van der Waals surface area contributed by atoms with Gasteiger partial charge in [0.25, 0.3) is 0 Å². The van der Waals surface area contributed by atoms with Crippen LogP contribution in [0.4, 0.5) is 17.6 Å². The van der Waals surface area contributed by atoms with Crippen LogP contribution in [0, 0.1) is 11.3 Å². The largest absolute Gasteiger partial charge is 0.573 e. The molecule has 2 rings (SSSR count). The van der Waals surface area contributed by atoms with E-state index >= 15 is 0 Å². The topological polar surface area (TPSA) is 72.1 Å². The standard InChI is InChI=1S/C13H3Cl5F4N2O3S/c14-7-1-5(27-13(20,21)22)2-8(15)10(7)24-4-9(6(3-23)11(24)16)28(25,26)12(17,18)19/h1-2,4H. The average molecular weight is 521 g/mol. The van der Waals surface area contributed by atoms with Crippen LogP contribution in [0.5, 0.6) is 5.75 Å². The molecule has 15 heteroatoms. The average Bonchev–Trinajstić information content (AvgIpc) is 2.81. The van der Waals surface area contributed by atoms with Crippen molar-refractivity contribution < 1.29 is 30.7 Å². The van der Waals surface area contributed by atoms with Gasteiger partial charge in [0, 0.05) is 18.3 Å². The van der Waals surface area contributed by atoms with Crippen LogP contribution in [0.15, 0.2) is 23.2 Å². The summed E-state index contributed by atoms with van der Waals surface area (Å²) < 4.78 is 75.6. The minimum absolute atomic E-state index is 0.311. The monoisotopic (exact) mass is 518 g/mol. The van der Waals surface area contributed by atoms with Crippen molar-refractivity contribution in [1.82, 2.24) is 4.57 Å². The Labute approximate surface area is 179 Å². The summed E-state index contributed by atoms with van der Waals surface area (Å²) in [6, 6.07) is 2.87. The Hall–Kier alpha value is -1.09. The maximum absolute atomic E-state index is 13.7. The number of halogens is 9. The molecule has 0 amide bonds. The van der Waals surface area contributed by atoms with E-state index in [4.69, 9.17) is 63.3 Å². The van der Waals surface area contributed by atoms with Crippen molar-refractivity contribution in [2.45, 2.75) is 15.2 Å². The number of rotatable bonds is 4. The normalized spacial score (nSPS) is 12.7. The van der Waals surface area contributed by atoms with E-state index in [0.29, 0.717) is 6.20 Å². The van der Waals surface area contributed by atoms with Gasteiger partial charge < -0.3 is 9.30 Å². The number of nitrogens with zero attached hydrogens (tertiary/aromatic N) is 2. The number of benzene rings is 1. The van der Waals surface area contributed by atoms with E-state index in [2.05, 4.69) is 4.74 Å². The van der Waals surface area contributed by atoms with Crippen molar-refractivity contribution in [2.75, 3.05) is 0 Å². The fourth-order valence-corrected chi connectivity index (χ4v) is 4.40. The van der Waals surface area contributed by atoms with Gasteiger partial charge in [-0.3, -0.25) is 0 Å². The van der Waals surface area contributed by atoms with E-state index in [-0.39, 0.29) is 5.69 Å². The van der Waals surface area contributed by atoms with Crippen molar-refractivity contribution >= 4 is 67.8 Å². The van der Waals surface area contributed by atoms with Crippen molar-refractivity contribution in [3.63, 3.8) is 0 Å². The third kappa shape index (κ3) is 4.40. The van der Waals surface area contributed by atoms with Crippen LogP contribution in [-0.4, -0.2) is 23.3 Å². The highest BCUT2D eigenvalue weighted by molar-refractivity contribution is 7.95. The van der Waals surface area contributed by atoms with E-state index in [9.17, 15) is 26.0 Å². The molecule has 0 aliphatic carbocycles. The maximum atomic E-state index is 13.7. The van der Waals surface area contributed by atoms with Gasteiger partial charge in [0.05, 0.1) is 15.7 Å². The number of hydrogen-bond donors (Lipinski definition) is 0. The van der Waals surface area contributed by atoms with E-state index in [1.165, 1.54) is 6.07 Å². The lowest BCUT2D eigenvalue weighted by atomic mass is 10.3. The molecule has 0 radical (unpaired) electrons. The number of hydrogen-bond acceptors (Lipinski definition) is 4. The van der Waals surface area contributed by atoms with Crippen LogP contribution >= 0.6 is 58.0 Å². The molecule has 0 unspecified atom stereocenters. The molecule has 0 fully saturated rings. The highest BCUT2D eigenvalue weighted by Gasteiger charge is 2.45. The zero-order chi connectivity index (χ0) is 21.7. The zero-order valence-corrected chi connectivity index (χ0v) is 17.3. The molecule has 2 aromatic rings. The number of ether oxygens (including phenoxy) is 1. The summed E-state index contributed by atoms with van der Waals surface area (Å²) in [5.41, 5.74) is -1.05. The van der Waals surface area contributed by atoms with Gasteiger partial charge in [-0.1, -0.05) is 34.8 Å². The Bertz CT molecular complexity index is 1060. The minimum atomic E-state index is -5.11. The van der Waals surface area contributed by atoms with Crippen LogP contribution in [0.2, 0.25) is 15.2 Å². The Balaban J connectivity index is 2.73. The maximum Gasteiger partial charge on any atom is 0.573 e. The third-order valence-corrected chi connectivity index (χ3v) is 6.75. The van der Waals surface area contributed by atoms with Gasteiger partial charge in [-0.2, -0.15) is 9.65 Å². The van der Waals surface area contributed by atoms with Gasteiger partial charge in [0.1, 0.15) is 27.4 Å². The molecular weight excluding hydrogens is 517 g/mol. The first-order chi connectivity index (χ1) is 12.6. The number of aromatic nitrogens is 1. The third-order valence-electron chi connectivity index (χ3n) is 3.08. The van der Waals surface area contributed by atoms with Crippen LogP contribution in [-0.2, 0) is 9.84 Å². The van der Waals surface area contributed by atoms with Gasteiger partial charge in [-0.25, -0.2) is 8.42 Å². The molecule has 1 aromatic heterocycles. The number of alkyl halides is 6. The summed E-state index contributed by atoms with van der Waals surface area (Å²) in [5, 5.41) is 7.66. The summed E-state index contributed by atoms with van der Waals surface area (Å²) in [6.07, 6.45) is -4.38. The lowest BCUT2D eigenvalue weighted by Gasteiger charge is -2.14. The van der Waals surface area contributed by atoms with Crippen LogP contribution in [0.25, 0.3) is 5.69 Å². The summed E-state index contributed by atoms with van der Waals surface area (Å²) in [5.74, 6) is -0.771. The highest BCUT2D eigenvalue weighted by atomic mass is 35.5. The molecular formula is C13H3Cl5F4N2O3S. The predicted molar refractivity (Wildman–Crippen MR) is 94.9 cm³/mol. The molecule has 0 N–H and O–H groups in total. The second kappa shape index (κ2) is 7.63. The van der Waals surface area contributed by atoms with Crippen molar-refractivity contribution in [3.05, 3.63) is 39.1 Å². The molecule has 152 valence electrons.